The average Bonchev–Trinajstić information content (AvgIpc) is 2.99. The van der Waals surface area contributed by atoms with Gasteiger partial charge in [-0.3, -0.25) is 9.59 Å². The third kappa shape index (κ3) is 3.68. The van der Waals surface area contributed by atoms with Crippen molar-refractivity contribution in [3.05, 3.63) is 50.3 Å². The van der Waals surface area contributed by atoms with Crippen LogP contribution in [0.1, 0.15) is 35.1 Å². The molecule has 122 valence electrons. The Bertz CT molecular complexity index is 735. The summed E-state index contributed by atoms with van der Waals surface area (Å²) in [6, 6.07) is 3.83. The molecule has 0 bridgehead atoms. The van der Waals surface area contributed by atoms with Crippen molar-refractivity contribution in [1.29, 1.82) is 0 Å². The molecule has 0 unspecified atom stereocenters. The number of aromatic amines is 1. The van der Waals surface area contributed by atoms with Gasteiger partial charge in [-0.2, -0.15) is 0 Å². The number of aliphatic hydroxyl groups is 1. The number of nitrogens with one attached hydrogen (secondary N) is 2. The van der Waals surface area contributed by atoms with Gasteiger partial charge >= 0.3 is 0 Å². The predicted octanol–water partition coefficient (Wildman–Crippen LogP) is 1.31. The molecule has 23 heavy (non-hydrogen) atoms. The summed E-state index contributed by atoms with van der Waals surface area (Å²) in [7, 11) is 0. The number of H-pyrrole nitrogens is 1. The van der Waals surface area contributed by atoms with Crippen LogP contribution in [0.15, 0.2) is 28.5 Å². The molecule has 0 spiro atoms. The number of rotatable bonds is 5. The van der Waals surface area contributed by atoms with Crippen molar-refractivity contribution in [3.8, 4) is 0 Å². The standard InChI is InChI=1S/C16H19N3O3S/c1-9-17-8-11(16(22)18-9)7-14(21)19-15(10-5-12(20)6-10)13-3-2-4-23-13/h2-4,8,10,12,15,20H,5-7H2,1H3,(H,19,21)(H,17,18,22)/t10?,12?,15-/m0/s1. The van der Waals surface area contributed by atoms with E-state index in [1.54, 1.807) is 18.3 Å². The van der Waals surface area contributed by atoms with Crippen molar-refractivity contribution in [1.82, 2.24) is 15.3 Å². The second-order valence-corrected chi connectivity index (χ2v) is 6.92. The van der Waals surface area contributed by atoms with E-state index in [2.05, 4.69) is 15.3 Å². The number of hydrogen-bond donors (Lipinski definition) is 3. The van der Waals surface area contributed by atoms with E-state index in [0.29, 0.717) is 24.2 Å². The molecule has 1 aliphatic rings. The second kappa shape index (κ2) is 6.64. The Morgan fingerprint density at radius 3 is 2.96 bits per heavy atom. The number of amides is 1. The zero-order chi connectivity index (χ0) is 16.4. The van der Waals surface area contributed by atoms with Crippen LogP contribution in [0.4, 0.5) is 0 Å². The average molecular weight is 333 g/mol. The van der Waals surface area contributed by atoms with Gasteiger partial charge in [-0.1, -0.05) is 6.07 Å². The molecule has 2 aromatic rings. The normalized spacial score (nSPS) is 21.5. The maximum Gasteiger partial charge on any atom is 0.254 e. The molecular formula is C16H19N3O3S. The molecule has 1 aliphatic carbocycles. The van der Waals surface area contributed by atoms with Crippen molar-refractivity contribution in [2.75, 3.05) is 0 Å². The van der Waals surface area contributed by atoms with Crippen molar-refractivity contribution in [2.45, 2.75) is 38.3 Å². The van der Waals surface area contributed by atoms with Gasteiger partial charge in [0.05, 0.1) is 18.6 Å². The number of thiophene rings is 1. The fourth-order valence-electron chi connectivity index (χ4n) is 2.83. The van der Waals surface area contributed by atoms with E-state index in [1.165, 1.54) is 6.20 Å². The summed E-state index contributed by atoms with van der Waals surface area (Å²) in [5, 5.41) is 14.5. The van der Waals surface area contributed by atoms with E-state index in [4.69, 9.17) is 0 Å². The van der Waals surface area contributed by atoms with E-state index in [-0.39, 0.29) is 36.0 Å². The first-order valence-corrected chi connectivity index (χ1v) is 8.46. The molecule has 3 N–H and O–H groups in total. The summed E-state index contributed by atoms with van der Waals surface area (Å²) in [4.78, 5) is 31.9. The molecule has 2 heterocycles. The van der Waals surface area contributed by atoms with E-state index < -0.39 is 0 Å². The van der Waals surface area contributed by atoms with Gasteiger partial charge in [-0.15, -0.1) is 11.3 Å². The lowest BCUT2D eigenvalue weighted by Crippen LogP contribution is -2.41. The number of carbonyl (C=O) groups is 1. The van der Waals surface area contributed by atoms with Crippen molar-refractivity contribution < 1.29 is 9.90 Å². The molecule has 2 aromatic heterocycles. The van der Waals surface area contributed by atoms with Gasteiger partial charge < -0.3 is 15.4 Å². The molecule has 1 atom stereocenters. The zero-order valence-electron chi connectivity index (χ0n) is 12.8. The molecule has 0 aromatic carbocycles. The van der Waals surface area contributed by atoms with Gasteiger partial charge in [0.1, 0.15) is 5.82 Å². The Morgan fingerprint density at radius 2 is 2.35 bits per heavy atom. The minimum atomic E-state index is -0.278. The monoisotopic (exact) mass is 333 g/mol. The maximum absolute atomic E-state index is 12.3. The first-order chi connectivity index (χ1) is 11.0. The molecule has 3 rings (SSSR count). The van der Waals surface area contributed by atoms with Gasteiger partial charge in [-0.05, 0) is 37.1 Å². The van der Waals surface area contributed by atoms with Crippen LogP contribution in [-0.2, 0) is 11.2 Å². The highest BCUT2D eigenvalue weighted by atomic mass is 32.1. The van der Waals surface area contributed by atoms with Crippen LogP contribution in [0.3, 0.4) is 0 Å². The van der Waals surface area contributed by atoms with Crippen molar-refractivity contribution in [3.63, 3.8) is 0 Å². The lowest BCUT2D eigenvalue weighted by atomic mass is 9.76. The van der Waals surface area contributed by atoms with Crippen molar-refractivity contribution in [2.24, 2.45) is 5.92 Å². The lowest BCUT2D eigenvalue weighted by molar-refractivity contribution is -0.122. The highest BCUT2D eigenvalue weighted by molar-refractivity contribution is 7.10. The minimum absolute atomic E-state index is 0.000236. The van der Waals surface area contributed by atoms with Gasteiger partial charge in [-0.25, -0.2) is 4.98 Å². The summed E-state index contributed by atoms with van der Waals surface area (Å²) >= 11 is 1.59. The molecular weight excluding hydrogens is 314 g/mol. The molecule has 0 radical (unpaired) electrons. The van der Waals surface area contributed by atoms with E-state index in [1.807, 2.05) is 17.5 Å². The largest absolute Gasteiger partial charge is 0.393 e. The summed E-state index contributed by atoms with van der Waals surface area (Å²) in [5.41, 5.74) is 0.0751. The first kappa shape index (κ1) is 15.9. The van der Waals surface area contributed by atoms with E-state index in [9.17, 15) is 14.7 Å². The van der Waals surface area contributed by atoms with Crippen molar-refractivity contribution >= 4 is 17.2 Å². The highest BCUT2D eigenvalue weighted by Gasteiger charge is 2.36. The Labute approximate surface area is 137 Å². The number of aryl methyl sites for hydroxylation is 1. The summed E-state index contributed by atoms with van der Waals surface area (Å²) in [6.45, 7) is 1.69. The van der Waals surface area contributed by atoms with Gasteiger partial charge in [0.2, 0.25) is 5.91 Å². The number of aromatic nitrogens is 2. The molecule has 1 saturated carbocycles. The second-order valence-electron chi connectivity index (χ2n) is 5.95. The Hall–Kier alpha value is -1.99. The molecule has 1 amide bonds. The van der Waals surface area contributed by atoms with Crippen LogP contribution in [0, 0.1) is 12.8 Å². The minimum Gasteiger partial charge on any atom is -0.393 e. The fraction of sp³-hybridized carbons (Fsp3) is 0.438. The Kier molecular flexibility index (Phi) is 4.58. The molecule has 0 saturated heterocycles. The summed E-state index contributed by atoms with van der Waals surface area (Å²) < 4.78 is 0. The smallest absolute Gasteiger partial charge is 0.254 e. The fourth-order valence-corrected chi connectivity index (χ4v) is 3.69. The predicted molar refractivity (Wildman–Crippen MR) is 87.2 cm³/mol. The van der Waals surface area contributed by atoms with Crippen LogP contribution in [0.2, 0.25) is 0 Å². The van der Waals surface area contributed by atoms with Crippen LogP contribution in [-0.4, -0.2) is 27.1 Å². The number of hydrogen-bond acceptors (Lipinski definition) is 5. The lowest BCUT2D eigenvalue weighted by Gasteiger charge is -2.37. The first-order valence-electron chi connectivity index (χ1n) is 7.58. The van der Waals surface area contributed by atoms with E-state index >= 15 is 0 Å². The van der Waals surface area contributed by atoms with Crippen LogP contribution in [0.25, 0.3) is 0 Å². The van der Waals surface area contributed by atoms with Crippen LogP contribution < -0.4 is 10.9 Å². The topological polar surface area (TPSA) is 95.1 Å². The molecule has 6 nitrogen and oxygen atoms in total. The van der Waals surface area contributed by atoms with Gasteiger partial charge in [0, 0.05) is 16.6 Å². The van der Waals surface area contributed by atoms with E-state index in [0.717, 1.165) is 4.88 Å². The maximum atomic E-state index is 12.3. The molecule has 7 heteroatoms. The Balaban J connectivity index is 1.70. The highest BCUT2D eigenvalue weighted by Crippen LogP contribution is 2.39. The van der Waals surface area contributed by atoms with Crippen LogP contribution >= 0.6 is 11.3 Å². The number of carbonyl (C=O) groups excluding carboxylic acids is 1. The Morgan fingerprint density at radius 1 is 1.57 bits per heavy atom. The number of aliphatic hydroxyl groups excluding tert-OH is 1. The third-order valence-corrected chi connectivity index (χ3v) is 5.09. The summed E-state index contributed by atoms with van der Waals surface area (Å²) in [5.74, 6) is 0.557. The third-order valence-electron chi connectivity index (χ3n) is 4.14. The zero-order valence-corrected chi connectivity index (χ0v) is 13.6. The molecule has 1 fully saturated rings. The van der Waals surface area contributed by atoms with Crippen LogP contribution in [0.5, 0.6) is 0 Å². The van der Waals surface area contributed by atoms with Gasteiger partial charge in [0.15, 0.2) is 0 Å². The summed E-state index contributed by atoms with van der Waals surface area (Å²) in [6.07, 6.45) is 2.55. The number of nitrogens with zero attached hydrogens (tertiary/aromatic N) is 1. The van der Waals surface area contributed by atoms with Gasteiger partial charge in [0.25, 0.3) is 5.56 Å². The SMILES string of the molecule is Cc1ncc(CC(=O)N[C@H](c2cccs2)C2CC(O)C2)c(=O)[nH]1. The quantitative estimate of drug-likeness (QED) is 0.769. The molecule has 0 aliphatic heterocycles.